The van der Waals surface area contributed by atoms with Crippen molar-refractivity contribution >= 4 is 15.9 Å². The molecule has 0 heterocycles. The van der Waals surface area contributed by atoms with E-state index in [1.807, 2.05) is 6.92 Å². The molecule has 1 aromatic carbocycles. The van der Waals surface area contributed by atoms with Crippen LogP contribution >= 0.6 is 15.9 Å². The maximum absolute atomic E-state index is 13.4. The van der Waals surface area contributed by atoms with Gasteiger partial charge in [0.1, 0.15) is 0 Å². The summed E-state index contributed by atoms with van der Waals surface area (Å²) in [5.41, 5.74) is 0.340. The lowest BCUT2D eigenvalue weighted by molar-refractivity contribution is 0.475. The van der Waals surface area contributed by atoms with Crippen molar-refractivity contribution in [1.29, 1.82) is 0 Å². The molecule has 0 radical (unpaired) electrons. The minimum absolute atomic E-state index is 0.204. The summed E-state index contributed by atoms with van der Waals surface area (Å²) in [6.07, 6.45) is 0. The Balaban J connectivity index is 3.11. The first-order valence-corrected chi connectivity index (χ1v) is 5.24. The maximum atomic E-state index is 13.4. The smallest absolute Gasteiger partial charge is 0.164 e. The second-order valence-electron chi connectivity index (χ2n) is 3.04. The van der Waals surface area contributed by atoms with E-state index in [1.165, 1.54) is 6.07 Å². The second kappa shape index (κ2) is 4.84. The summed E-state index contributed by atoms with van der Waals surface area (Å²) in [5.74, 6) is -1.60. The first kappa shape index (κ1) is 11.6. The van der Waals surface area contributed by atoms with E-state index in [0.29, 0.717) is 16.6 Å². The van der Waals surface area contributed by atoms with Gasteiger partial charge >= 0.3 is 0 Å². The van der Waals surface area contributed by atoms with Crippen LogP contribution in [0.4, 0.5) is 8.78 Å². The van der Waals surface area contributed by atoms with Crippen LogP contribution in [0.5, 0.6) is 0 Å². The molecule has 78 valence electrons. The predicted molar refractivity (Wildman–Crippen MR) is 56.1 cm³/mol. The number of halogens is 3. The normalized spacial score (nSPS) is 12.9. The van der Waals surface area contributed by atoms with Crippen molar-refractivity contribution in [3.05, 3.63) is 33.8 Å². The standard InChI is InChI=1S/C10H12BrF2N/c1-3-14-6(2)9-7(11)4-5-8(12)10(9)13/h4-6,14H,3H2,1-2H3. The highest BCUT2D eigenvalue weighted by Gasteiger charge is 2.16. The quantitative estimate of drug-likeness (QED) is 0.825. The van der Waals surface area contributed by atoms with E-state index in [4.69, 9.17) is 0 Å². The SMILES string of the molecule is CCNC(C)c1c(Br)ccc(F)c1F. The first-order valence-electron chi connectivity index (χ1n) is 4.44. The van der Waals surface area contributed by atoms with Gasteiger partial charge in [-0.25, -0.2) is 8.78 Å². The van der Waals surface area contributed by atoms with Crippen LogP contribution in [0.1, 0.15) is 25.5 Å². The molecule has 0 saturated carbocycles. The molecule has 1 N–H and O–H groups in total. The maximum Gasteiger partial charge on any atom is 0.164 e. The fraction of sp³-hybridized carbons (Fsp3) is 0.400. The van der Waals surface area contributed by atoms with Gasteiger partial charge in [-0.05, 0) is 25.6 Å². The lowest BCUT2D eigenvalue weighted by atomic mass is 10.1. The molecule has 14 heavy (non-hydrogen) atoms. The summed E-state index contributed by atoms with van der Waals surface area (Å²) in [6.45, 7) is 4.43. The van der Waals surface area contributed by atoms with Crippen molar-refractivity contribution in [3.63, 3.8) is 0 Å². The molecule has 0 aliphatic rings. The lowest BCUT2D eigenvalue weighted by Crippen LogP contribution is -2.19. The zero-order valence-corrected chi connectivity index (χ0v) is 9.66. The molecule has 1 aromatic rings. The lowest BCUT2D eigenvalue weighted by Gasteiger charge is -2.15. The third-order valence-electron chi connectivity index (χ3n) is 2.02. The highest BCUT2D eigenvalue weighted by molar-refractivity contribution is 9.10. The zero-order chi connectivity index (χ0) is 10.7. The van der Waals surface area contributed by atoms with E-state index < -0.39 is 11.6 Å². The molecule has 0 bridgehead atoms. The topological polar surface area (TPSA) is 12.0 Å². The molecule has 1 atom stereocenters. The summed E-state index contributed by atoms with van der Waals surface area (Å²) < 4.78 is 26.9. The van der Waals surface area contributed by atoms with Crippen LogP contribution in [0, 0.1) is 11.6 Å². The zero-order valence-electron chi connectivity index (χ0n) is 8.07. The Labute approximate surface area is 90.6 Å². The molecular weight excluding hydrogens is 252 g/mol. The number of hydrogen-bond acceptors (Lipinski definition) is 1. The largest absolute Gasteiger partial charge is 0.310 e. The molecule has 1 rings (SSSR count). The van der Waals surface area contributed by atoms with Crippen LogP contribution < -0.4 is 5.32 Å². The van der Waals surface area contributed by atoms with Crippen LogP contribution in [0.3, 0.4) is 0 Å². The number of benzene rings is 1. The monoisotopic (exact) mass is 263 g/mol. The summed E-state index contributed by atoms with van der Waals surface area (Å²) in [5, 5.41) is 3.03. The van der Waals surface area contributed by atoms with Crippen molar-refractivity contribution in [2.45, 2.75) is 19.9 Å². The Morgan fingerprint density at radius 2 is 2.07 bits per heavy atom. The summed E-state index contributed by atoms with van der Waals surface area (Å²) >= 11 is 3.21. The molecule has 0 aliphatic carbocycles. The second-order valence-corrected chi connectivity index (χ2v) is 3.89. The van der Waals surface area contributed by atoms with Crippen LogP contribution in [0.25, 0.3) is 0 Å². The first-order chi connectivity index (χ1) is 6.57. The van der Waals surface area contributed by atoms with Gasteiger partial charge in [-0.1, -0.05) is 22.9 Å². The van der Waals surface area contributed by atoms with Crippen molar-refractivity contribution in [3.8, 4) is 0 Å². The van der Waals surface area contributed by atoms with Gasteiger partial charge in [0, 0.05) is 16.1 Å². The Morgan fingerprint density at radius 3 is 2.64 bits per heavy atom. The van der Waals surface area contributed by atoms with Crippen molar-refractivity contribution in [2.75, 3.05) is 6.54 Å². The molecule has 0 aliphatic heterocycles. The van der Waals surface area contributed by atoms with Gasteiger partial charge < -0.3 is 5.32 Å². The molecule has 0 saturated heterocycles. The molecular formula is C10H12BrF2N. The van der Waals surface area contributed by atoms with E-state index in [1.54, 1.807) is 6.92 Å². The Kier molecular flexibility index (Phi) is 4.01. The van der Waals surface area contributed by atoms with Crippen LogP contribution in [-0.4, -0.2) is 6.54 Å². The fourth-order valence-electron chi connectivity index (χ4n) is 1.35. The van der Waals surface area contributed by atoms with E-state index in [-0.39, 0.29) is 6.04 Å². The molecule has 0 fully saturated rings. The van der Waals surface area contributed by atoms with Gasteiger partial charge in [0.25, 0.3) is 0 Å². The number of nitrogens with one attached hydrogen (secondary N) is 1. The number of rotatable bonds is 3. The van der Waals surface area contributed by atoms with Gasteiger partial charge in [-0.2, -0.15) is 0 Å². The highest BCUT2D eigenvalue weighted by atomic mass is 79.9. The van der Waals surface area contributed by atoms with E-state index in [2.05, 4.69) is 21.2 Å². The third-order valence-corrected chi connectivity index (χ3v) is 2.71. The van der Waals surface area contributed by atoms with Crippen LogP contribution in [0.15, 0.2) is 16.6 Å². The molecule has 0 aromatic heterocycles. The molecule has 0 spiro atoms. The van der Waals surface area contributed by atoms with Gasteiger partial charge in [0.2, 0.25) is 0 Å². The van der Waals surface area contributed by atoms with Crippen LogP contribution in [0.2, 0.25) is 0 Å². The van der Waals surface area contributed by atoms with E-state index in [0.717, 1.165) is 6.07 Å². The Hall–Kier alpha value is -0.480. The summed E-state index contributed by atoms with van der Waals surface area (Å²) in [7, 11) is 0. The summed E-state index contributed by atoms with van der Waals surface area (Å²) in [6, 6.07) is 2.42. The Bertz CT molecular complexity index is 328. The molecule has 1 nitrogen and oxygen atoms in total. The minimum Gasteiger partial charge on any atom is -0.310 e. The summed E-state index contributed by atoms with van der Waals surface area (Å²) in [4.78, 5) is 0. The van der Waals surface area contributed by atoms with Gasteiger partial charge in [-0.3, -0.25) is 0 Å². The van der Waals surface area contributed by atoms with E-state index >= 15 is 0 Å². The van der Waals surface area contributed by atoms with Gasteiger partial charge in [0.15, 0.2) is 11.6 Å². The minimum atomic E-state index is -0.812. The Morgan fingerprint density at radius 1 is 1.43 bits per heavy atom. The fourth-order valence-corrected chi connectivity index (χ4v) is 2.00. The molecule has 4 heteroatoms. The van der Waals surface area contributed by atoms with Crippen molar-refractivity contribution < 1.29 is 8.78 Å². The van der Waals surface area contributed by atoms with Crippen LogP contribution in [-0.2, 0) is 0 Å². The highest BCUT2D eigenvalue weighted by Crippen LogP contribution is 2.27. The third kappa shape index (κ3) is 2.30. The van der Waals surface area contributed by atoms with Gasteiger partial charge in [0.05, 0.1) is 0 Å². The van der Waals surface area contributed by atoms with Gasteiger partial charge in [-0.15, -0.1) is 0 Å². The predicted octanol–water partition coefficient (Wildman–Crippen LogP) is 3.40. The average Bonchev–Trinajstić information content (AvgIpc) is 2.13. The van der Waals surface area contributed by atoms with E-state index in [9.17, 15) is 8.78 Å². The number of hydrogen-bond donors (Lipinski definition) is 1. The molecule has 1 unspecified atom stereocenters. The average molecular weight is 264 g/mol. The molecule has 0 amide bonds. The van der Waals surface area contributed by atoms with Crippen molar-refractivity contribution in [2.24, 2.45) is 0 Å². The van der Waals surface area contributed by atoms with Crippen molar-refractivity contribution in [1.82, 2.24) is 5.32 Å².